The van der Waals surface area contributed by atoms with Gasteiger partial charge in [-0.2, -0.15) is 0 Å². The summed E-state index contributed by atoms with van der Waals surface area (Å²) in [6.45, 7) is 11.8. The zero-order chi connectivity index (χ0) is 105. The quantitative estimate of drug-likeness (QED) is 0.0166. The third-order valence-corrected chi connectivity index (χ3v) is 30.9. The Bertz CT molecular complexity index is 4380. The van der Waals surface area contributed by atoms with Gasteiger partial charge < -0.3 is 43.8 Å². The molecule has 2 aliphatic rings. The van der Waals surface area contributed by atoms with E-state index >= 15 is 19.2 Å². The van der Waals surface area contributed by atoms with Crippen LogP contribution in [0.5, 0.6) is 11.5 Å². The average molecular weight is 2230 g/mol. The van der Waals surface area contributed by atoms with Gasteiger partial charge in [0.15, 0.2) is 0 Å². The molecule has 32 N–H and O–H groups in total. The van der Waals surface area contributed by atoms with Crippen molar-refractivity contribution in [3.8, 4) is 11.5 Å². The molecular weight excluding hydrogens is 2090 g/mol. The van der Waals surface area contributed by atoms with Gasteiger partial charge in [-0.15, -0.1) is 0 Å². The van der Waals surface area contributed by atoms with Gasteiger partial charge in [-0.1, -0.05) is 96.7 Å². The smallest absolute Gasteiger partial charge is 0.368 e. The Balaban J connectivity index is 1.89. The van der Waals surface area contributed by atoms with Crippen LogP contribution in [0.25, 0.3) is 0 Å². The number of rotatable bonds is 63. The first kappa shape index (κ1) is 121. The molecular formula is C88H136Br2N24O24Se2. The van der Waals surface area contributed by atoms with Gasteiger partial charge in [0.05, 0.1) is 12.1 Å². The number of carbonyl (C=O) groups excluding carboxylic acids is 22. The van der Waals surface area contributed by atoms with Crippen molar-refractivity contribution in [2.45, 2.75) is 278 Å². The molecule has 18 atom stereocenters. The van der Waals surface area contributed by atoms with Gasteiger partial charge >= 0.3 is 544 Å². The van der Waals surface area contributed by atoms with Crippen LogP contribution in [-0.2, 0) is 118 Å². The second-order valence-electron chi connectivity index (χ2n) is 35.2. The molecule has 2 heterocycles. The van der Waals surface area contributed by atoms with Crippen LogP contribution in [-0.4, -0.2) is 310 Å². The number of phenolic OH excluding ortho intramolecular Hbond substituents is 2. The molecule has 0 aromatic heterocycles. The van der Waals surface area contributed by atoms with Crippen LogP contribution in [0.2, 0.25) is 10.6 Å². The molecule has 0 spiro atoms. The van der Waals surface area contributed by atoms with Crippen LogP contribution in [0, 0.1) is 23.7 Å². The molecule has 0 unspecified atom stereocenters. The molecule has 778 valence electrons. The fourth-order valence-electron chi connectivity index (χ4n) is 14.8. The van der Waals surface area contributed by atoms with Crippen molar-refractivity contribution in [2.24, 2.45) is 69.5 Å². The Kier molecular flexibility index (Phi) is 52.6. The Morgan fingerprint density at radius 3 is 0.957 bits per heavy atom. The van der Waals surface area contributed by atoms with Gasteiger partial charge in [0.25, 0.3) is 0 Å². The third kappa shape index (κ3) is 42.0. The summed E-state index contributed by atoms with van der Waals surface area (Å²) in [6.07, 6.45) is -4.02. The number of aromatic hydroxyl groups is 2. The molecule has 0 radical (unpaired) electrons. The number of alkyl halides is 2. The molecule has 48 nitrogen and oxygen atoms in total. The Morgan fingerprint density at radius 2 is 0.664 bits per heavy atom. The minimum Gasteiger partial charge on any atom is -0.368 e. The number of halogens is 2. The van der Waals surface area contributed by atoms with Crippen LogP contribution in [0.3, 0.4) is 0 Å². The second kappa shape index (κ2) is 61.1. The van der Waals surface area contributed by atoms with Crippen molar-refractivity contribution in [1.29, 1.82) is 0 Å². The fourth-order valence-corrected chi connectivity index (χ4v) is 22.8. The summed E-state index contributed by atoms with van der Waals surface area (Å²) < 4.78 is 0. The summed E-state index contributed by atoms with van der Waals surface area (Å²) in [6, 6.07) is -13.6. The number of phenols is 2. The van der Waals surface area contributed by atoms with Crippen LogP contribution >= 0.6 is 31.9 Å². The van der Waals surface area contributed by atoms with Gasteiger partial charge in [-0.25, -0.2) is 0 Å². The third-order valence-electron chi connectivity index (χ3n) is 22.8. The van der Waals surface area contributed by atoms with Crippen LogP contribution < -0.4 is 120 Å². The average Bonchev–Trinajstić information content (AvgIpc) is 1.64. The number of amides is 22. The van der Waals surface area contributed by atoms with Gasteiger partial charge in [-0.05, 0) is 48.2 Å². The number of nitrogens with zero attached hydrogens (tertiary/aromatic N) is 2. The standard InChI is InChI=1S/C88H136Br2N24O24Se2/c1-9-45(7)71(111-81(131)57(103-73(123)51(91)27-29-89)35-47-15-19-49(115)20-16-47)85(135)101-53(23-25-65(93)117)77(127)105-59(37-67(95)119)79(129)109-61(87(137)113-31-11-13-63(113)83(133)107-55(33-43(3)4)75(125)99-39-69(97)121)41-139-140-42-62(88(138)114-32-12-14-64(114)84(134)108-56(34-44(5)6)76(126)100-40-70(98)122)110-80(130)60(38-68(96)120)106-78(128)54(24-26-66(94)118)102-86(136)72(46(8)10-2)112-82(132)58(104-74(124)52(92)28-30-90)36-48-17-21-50(116)22-18-48/h15-22,43-46,51-64,71-72,115-116H,9-14,23-42,91-92H2,1-8H3,(H2,93,117)(H2,94,118)(H2,95,119)(H2,96,120)(H2,97,121)(H2,98,122)(H,99,125)(H,100,126)(H,101,135)(H,102,136)(H,103,123)(H,104,124)(H,105,127)(H,106,128)(H,107,133)(H,108,134)(H,109,129)(H,110,130)(H,111,131)(H,112,132)/t45-,46-,51-,52-,53-,54-,55-,56-,57-,58-,59-,60-,61-,62-,63-,64-,71-,72-/m0/s1. The van der Waals surface area contributed by atoms with E-state index in [4.69, 9.17) is 45.9 Å². The Hall–Kier alpha value is -11.7. The summed E-state index contributed by atoms with van der Waals surface area (Å²) in [7, 11) is 0. The number of carbonyl (C=O) groups is 22. The molecule has 2 fully saturated rings. The van der Waals surface area contributed by atoms with Crippen molar-refractivity contribution in [2.75, 3.05) is 36.8 Å². The molecule has 52 heteroatoms. The van der Waals surface area contributed by atoms with E-state index in [-0.39, 0.29) is 113 Å². The summed E-state index contributed by atoms with van der Waals surface area (Å²) in [5.41, 5.74) is 46.5. The maximum atomic E-state index is 15.6. The van der Waals surface area contributed by atoms with Gasteiger partial charge in [0.1, 0.15) is 23.6 Å². The van der Waals surface area contributed by atoms with Crippen LogP contribution in [0.4, 0.5) is 0 Å². The van der Waals surface area contributed by atoms with Crippen molar-refractivity contribution in [3.63, 3.8) is 0 Å². The van der Waals surface area contributed by atoms with Crippen LogP contribution in [0.15, 0.2) is 48.5 Å². The minimum atomic E-state index is -2.08. The molecule has 22 amide bonds. The number of likely N-dealkylation sites (tertiary alicyclic amines) is 2. The van der Waals surface area contributed by atoms with E-state index < -0.39 is 327 Å². The van der Waals surface area contributed by atoms with E-state index in [1.165, 1.54) is 48.5 Å². The number of hydrogen-bond acceptors (Lipinski definition) is 26. The molecule has 2 aliphatic heterocycles. The summed E-state index contributed by atoms with van der Waals surface area (Å²) in [5, 5.41) is 55.2. The molecule has 0 aliphatic carbocycles. The van der Waals surface area contributed by atoms with Crippen LogP contribution in [0.1, 0.15) is 169 Å². The first-order valence-corrected chi connectivity index (χ1v) is 54.9. The van der Waals surface area contributed by atoms with Gasteiger partial charge in [-0.3, -0.25) is 28.8 Å². The minimum absolute atomic E-state index is 0.00903. The molecule has 2 saturated heterocycles. The number of primary amides is 6. The molecule has 2 aromatic carbocycles. The van der Waals surface area contributed by atoms with Crippen molar-refractivity contribution < 1.29 is 116 Å². The van der Waals surface area contributed by atoms with Crippen molar-refractivity contribution in [3.05, 3.63) is 59.7 Å². The Morgan fingerprint density at radius 1 is 0.364 bits per heavy atom. The molecule has 140 heavy (non-hydrogen) atoms. The number of nitrogens with one attached hydrogen (secondary N) is 14. The van der Waals surface area contributed by atoms with E-state index in [0.717, 1.165) is 9.80 Å². The number of nitrogens with two attached hydrogens (primary N) is 8. The first-order chi connectivity index (χ1) is 65.9. The molecule has 0 bridgehead atoms. The maximum absolute atomic E-state index is 15.6. The number of hydrogen-bond donors (Lipinski definition) is 24. The molecule has 0 saturated carbocycles. The van der Waals surface area contributed by atoms with E-state index in [1.807, 2.05) is 0 Å². The van der Waals surface area contributed by atoms with E-state index in [2.05, 4.69) is 106 Å². The summed E-state index contributed by atoms with van der Waals surface area (Å²) in [5.74, 6) is -24.4. The first-order valence-electron chi connectivity index (χ1n) is 45.9. The monoisotopic (exact) mass is 2230 g/mol. The fraction of sp³-hybridized carbons (Fsp3) is 0.614. The van der Waals surface area contributed by atoms with Gasteiger partial charge in [0.2, 0.25) is 23.6 Å². The number of benzene rings is 2. The normalized spacial score (nSPS) is 16.8. The zero-order valence-electron chi connectivity index (χ0n) is 79.5. The summed E-state index contributed by atoms with van der Waals surface area (Å²) >= 11 is 4.37. The SMILES string of the molecule is CC[C@H](C)[C@H](NC(=O)[C@H](Cc1ccc(O)cc1)NC(=O)[C@@H](N)CCBr)C(=O)N[C@@H](CCC(N)=O)C(=O)N[C@@H](CC(N)=O)C(=O)N[C@@H](C[Se][Se]C[C@H](NC(=O)[C@H](CC(N)=O)NC(=O)[C@H](CCC(N)=O)NC(=O)[C@@H](NC(=O)[C@H](Cc1ccc(O)cc1)NC(=O)[C@@H](N)CCBr)[C@@H](C)CC)C(=O)N1CCC[C@H]1C(=O)N[C@@H](CC(C)C)C(=O)NCC(N)=O)C(=O)N1CCC[C@H]1C(=O)N[C@@H](CC(C)C)C(=O)NCC(N)=O. The van der Waals surface area contributed by atoms with Crippen molar-refractivity contribution >= 4 is 188 Å². The Labute approximate surface area is 838 Å². The van der Waals surface area contributed by atoms with Gasteiger partial charge in [0, 0.05) is 23.5 Å². The van der Waals surface area contributed by atoms with E-state index in [0.29, 0.717) is 21.8 Å². The predicted octanol–water partition coefficient (Wildman–Crippen LogP) is -7.26. The van der Waals surface area contributed by atoms with E-state index in [9.17, 15) is 96.5 Å². The molecule has 2 aromatic rings. The van der Waals surface area contributed by atoms with E-state index in [1.54, 1.807) is 55.4 Å². The predicted molar refractivity (Wildman–Crippen MR) is 517 cm³/mol. The topological polar surface area (TPSA) is 799 Å². The summed E-state index contributed by atoms with van der Waals surface area (Å²) in [4.78, 5) is 310. The van der Waals surface area contributed by atoms with Crippen molar-refractivity contribution in [1.82, 2.24) is 84.2 Å². The molecule has 4 rings (SSSR count). The second-order valence-corrected chi connectivity index (χ2v) is 44.3. The zero-order valence-corrected chi connectivity index (χ0v) is 86.1.